The molecule has 0 aliphatic carbocycles. The molecule has 0 saturated heterocycles. The third-order valence-corrected chi connectivity index (χ3v) is 4.61. The van der Waals surface area contributed by atoms with Crippen LogP contribution >= 0.6 is 0 Å². The van der Waals surface area contributed by atoms with E-state index in [4.69, 9.17) is 15.2 Å². The van der Waals surface area contributed by atoms with E-state index in [2.05, 4.69) is 19.6 Å². The molecular weight excluding hydrogens is 242 g/mol. The smallest absolute Gasteiger partial charge is 0.146 e. The van der Waals surface area contributed by atoms with Gasteiger partial charge in [-0.2, -0.15) is 0 Å². The number of hydrogen-bond donors (Lipinski definition) is 1. The summed E-state index contributed by atoms with van der Waals surface area (Å²) in [6.45, 7) is 10.1. The maximum absolute atomic E-state index is 5.47. The van der Waals surface area contributed by atoms with Gasteiger partial charge in [-0.25, -0.2) is 0 Å². The summed E-state index contributed by atoms with van der Waals surface area (Å²) in [7, 11) is -0.944. The number of ether oxygens (including phenoxy) is 2. The van der Waals surface area contributed by atoms with Gasteiger partial charge in [-0.05, 0) is 25.4 Å². The summed E-state index contributed by atoms with van der Waals surface area (Å²) in [5.41, 5.74) is 5.44. The van der Waals surface area contributed by atoms with E-state index in [9.17, 15) is 0 Å². The van der Waals surface area contributed by atoms with E-state index in [0.717, 1.165) is 26.2 Å². The molecule has 0 spiro atoms. The molecule has 0 aromatic heterocycles. The fourth-order valence-corrected chi connectivity index (χ4v) is 2.37. The van der Waals surface area contributed by atoms with Crippen LogP contribution in [0, 0.1) is 0 Å². The van der Waals surface area contributed by atoms with Crippen molar-refractivity contribution in [1.82, 2.24) is 0 Å². The predicted octanol–water partition coefficient (Wildman–Crippen LogP) is 3.61. The number of unbranched alkanes of at least 4 members (excludes halogenated alkanes) is 5. The molecular formula is C14H33NO2Si. The van der Waals surface area contributed by atoms with E-state index < -0.39 is 8.07 Å². The lowest BCUT2D eigenvalue weighted by Crippen LogP contribution is -2.22. The van der Waals surface area contributed by atoms with Gasteiger partial charge in [0, 0.05) is 21.3 Å². The summed E-state index contributed by atoms with van der Waals surface area (Å²) in [6.07, 6.45) is 7.47. The first kappa shape index (κ1) is 18.1. The first-order valence-corrected chi connectivity index (χ1v) is 11.1. The average Bonchev–Trinajstić information content (AvgIpc) is 2.29. The maximum atomic E-state index is 5.47. The second-order valence-electron chi connectivity index (χ2n) is 6.16. The Morgan fingerprint density at radius 1 is 0.778 bits per heavy atom. The molecule has 4 heteroatoms. The molecule has 0 amide bonds. The minimum atomic E-state index is -0.944. The van der Waals surface area contributed by atoms with Gasteiger partial charge in [0.2, 0.25) is 0 Å². The molecule has 2 N–H and O–H groups in total. The van der Waals surface area contributed by atoms with Crippen molar-refractivity contribution in [1.29, 1.82) is 0 Å². The summed E-state index contributed by atoms with van der Waals surface area (Å²) < 4.78 is 10.9. The Hall–Kier alpha value is 0.0969. The Morgan fingerprint density at radius 2 is 1.33 bits per heavy atom. The molecule has 0 unspecified atom stereocenters. The Kier molecular flexibility index (Phi) is 12.2. The number of nitrogens with two attached hydrogens (primary N) is 1. The molecule has 0 fully saturated rings. The quantitative estimate of drug-likeness (QED) is 0.317. The molecule has 0 aliphatic heterocycles. The number of rotatable bonds is 13. The molecule has 3 nitrogen and oxygen atoms in total. The standard InChI is InChI=1S/C14H33NO2Si/c1-18(2,3)13-12-17-14-16-11-9-7-5-4-6-8-10-15/h4-15H2,1-3H3. The van der Waals surface area contributed by atoms with Crippen LogP contribution in [0.3, 0.4) is 0 Å². The van der Waals surface area contributed by atoms with Crippen LogP contribution < -0.4 is 5.73 Å². The molecule has 110 valence electrons. The topological polar surface area (TPSA) is 44.5 Å². The summed E-state index contributed by atoms with van der Waals surface area (Å²) in [5.74, 6) is 0. The molecule has 0 atom stereocenters. The zero-order valence-electron chi connectivity index (χ0n) is 12.7. The molecule has 0 aliphatic rings. The highest BCUT2D eigenvalue weighted by molar-refractivity contribution is 6.76. The first-order valence-electron chi connectivity index (χ1n) is 7.42. The van der Waals surface area contributed by atoms with Crippen LogP contribution in [0.2, 0.25) is 25.7 Å². The Bertz CT molecular complexity index is 172. The van der Waals surface area contributed by atoms with Gasteiger partial charge in [0.1, 0.15) is 6.79 Å². The summed E-state index contributed by atoms with van der Waals surface area (Å²) >= 11 is 0. The second kappa shape index (κ2) is 12.1. The van der Waals surface area contributed by atoms with Gasteiger partial charge in [0.25, 0.3) is 0 Å². The van der Waals surface area contributed by atoms with Crippen LogP contribution in [-0.2, 0) is 9.47 Å². The third kappa shape index (κ3) is 16.1. The summed E-state index contributed by atoms with van der Waals surface area (Å²) in [6, 6.07) is 1.22. The monoisotopic (exact) mass is 275 g/mol. The van der Waals surface area contributed by atoms with Gasteiger partial charge < -0.3 is 15.2 Å². The van der Waals surface area contributed by atoms with Gasteiger partial charge in [0.05, 0.1) is 0 Å². The van der Waals surface area contributed by atoms with Gasteiger partial charge in [-0.1, -0.05) is 45.3 Å². The van der Waals surface area contributed by atoms with Crippen LogP contribution in [0.4, 0.5) is 0 Å². The molecule has 0 heterocycles. The van der Waals surface area contributed by atoms with Crippen molar-refractivity contribution in [3.8, 4) is 0 Å². The van der Waals surface area contributed by atoms with E-state index >= 15 is 0 Å². The Morgan fingerprint density at radius 3 is 1.94 bits per heavy atom. The second-order valence-corrected chi connectivity index (χ2v) is 11.8. The zero-order chi connectivity index (χ0) is 13.7. The minimum absolute atomic E-state index is 0.470. The molecule has 18 heavy (non-hydrogen) atoms. The predicted molar refractivity (Wildman–Crippen MR) is 81.7 cm³/mol. The highest BCUT2D eigenvalue weighted by Gasteiger charge is 2.11. The van der Waals surface area contributed by atoms with Crippen molar-refractivity contribution in [2.24, 2.45) is 5.73 Å². The fraction of sp³-hybridized carbons (Fsp3) is 1.00. The van der Waals surface area contributed by atoms with Gasteiger partial charge in [-0.3, -0.25) is 0 Å². The Labute approximate surface area is 114 Å². The van der Waals surface area contributed by atoms with E-state index in [0.29, 0.717) is 6.79 Å². The SMILES string of the molecule is C[Si](C)(C)CCOCOCCCCCCCCN. The molecule has 0 radical (unpaired) electrons. The van der Waals surface area contributed by atoms with Gasteiger partial charge in [-0.15, -0.1) is 0 Å². The van der Waals surface area contributed by atoms with Crippen LogP contribution in [-0.4, -0.2) is 34.6 Å². The van der Waals surface area contributed by atoms with E-state index in [1.165, 1.54) is 38.1 Å². The Balaban J connectivity index is 2.99. The van der Waals surface area contributed by atoms with Crippen LogP contribution in [0.15, 0.2) is 0 Å². The largest absolute Gasteiger partial charge is 0.356 e. The van der Waals surface area contributed by atoms with Crippen LogP contribution in [0.25, 0.3) is 0 Å². The normalized spacial score (nSPS) is 12.0. The van der Waals surface area contributed by atoms with Gasteiger partial charge >= 0.3 is 0 Å². The summed E-state index contributed by atoms with van der Waals surface area (Å²) in [4.78, 5) is 0. The lowest BCUT2D eigenvalue weighted by Gasteiger charge is -2.15. The van der Waals surface area contributed by atoms with E-state index in [1.54, 1.807) is 0 Å². The molecule has 0 aromatic rings. The molecule has 0 rings (SSSR count). The highest BCUT2D eigenvalue weighted by atomic mass is 28.3. The van der Waals surface area contributed by atoms with Crippen molar-refractivity contribution in [2.75, 3.05) is 26.6 Å². The molecule has 0 saturated carbocycles. The van der Waals surface area contributed by atoms with E-state index in [-0.39, 0.29) is 0 Å². The highest BCUT2D eigenvalue weighted by Crippen LogP contribution is 2.07. The van der Waals surface area contributed by atoms with Crippen molar-refractivity contribution >= 4 is 8.07 Å². The fourth-order valence-electron chi connectivity index (χ4n) is 1.61. The zero-order valence-corrected chi connectivity index (χ0v) is 13.7. The first-order chi connectivity index (χ1) is 8.56. The van der Waals surface area contributed by atoms with Gasteiger partial charge in [0.15, 0.2) is 0 Å². The van der Waals surface area contributed by atoms with Crippen molar-refractivity contribution in [3.63, 3.8) is 0 Å². The van der Waals surface area contributed by atoms with Crippen molar-refractivity contribution in [3.05, 3.63) is 0 Å². The number of hydrogen-bond acceptors (Lipinski definition) is 3. The third-order valence-electron chi connectivity index (χ3n) is 2.91. The van der Waals surface area contributed by atoms with Crippen molar-refractivity contribution < 1.29 is 9.47 Å². The molecule has 0 aromatic carbocycles. The van der Waals surface area contributed by atoms with Crippen LogP contribution in [0.1, 0.15) is 38.5 Å². The minimum Gasteiger partial charge on any atom is -0.356 e. The lowest BCUT2D eigenvalue weighted by atomic mass is 10.1. The molecule has 0 bridgehead atoms. The average molecular weight is 276 g/mol. The summed E-state index contributed by atoms with van der Waals surface area (Å²) in [5, 5.41) is 0. The van der Waals surface area contributed by atoms with Crippen molar-refractivity contribution in [2.45, 2.75) is 64.2 Å². The maximum Gasteiger partial charge on any atom is 0.146 e. The van der Waals surface area contributed by atoms with Crippen LogP contribution in [0.5, 0.6) is 0 Å². The van der Waals surface area contributed by atoms with E-state index in [1.807, 2.05) is 0 Å². The lowest BCUT2D eigenvalue weighted by molar-refractivity contribution is -0.0504.